The molecule has 0 radical (unpaired) electrons. The van der Waals surface area contributed by atoms with Crippen LogP contribution in [0.5, 0.6) is 0 Å². The van der Waals surface area contributed by atoms with Crippen molar-refractivity contribution >= 4 is 56.7 Å². The highest BCUT2D eigenvalue weighted by molar-refractivity contribution is 8.00. The van der Waals surface area contributed by atoms with Crippen molar-refractivity contribution in [3.8, 4) is 0 Å². The normalized spacial score (nSPS) is 13.9. The van der Waals surface area contributed by atoms with E-state index in [1.54, 1.807) is 17.9 Å². The molecule has 140 valence electrons. The topological polar surface area (TPSA) is 76.3 Å². The number of benzene rings is 1. The van der Waals surface area contributed by atoms with Gasteiger partial charge in [0, 0.05) is 35.2 Å². The first-order valence-corrected chi connectivity index (χ1v) is 10.6. The fourth-order valence-electron chi connectivity index (χ4n) is 2.85. The largest absolute Gasteiger partial charge is 0.423 e. The van der Waals surface area contributed by atoms with Crippen LogP contribution in [0.1, 0.15) is 30.9 Å². The minimum atomic E-state index is -0.394. The Morgan fingerprint density at radius 2 is 2.15 bits per heavy atom. The summed E-state index contributed by atoms with van der Waals surface area (Å²) in [5.74, 6) is 0.515. The standard InChI is InChI=1S/C18H16ClN3O3S2/c1-9-5-15-13(7-14(9)19)11(6-16(24)25-15)8-26-18-21-20-17(27-18)22(10(2)23)12-3-4-12/h5-7,12H,3-4,8H2,1-2H3. The van der Waals surface area contributed by atoms with Gasteiger partial charge in [0.2, 0.25) is 11.0 Å². The SMILES string of the molecule is CC(=O)N(c1nnc(SCc2cc(=O)oc3cc(C)c(Cl)cc23)s1)C1CC1. The van der Waals surface area contributed by atoms with Crippen molar-refractivity contribution in [3.63, 3.8) is 0 Å². The Hall–Kier alpha value is -1.90. The molecule has 2 aromatic heterocycles. The molecule has 0 N–H and O–H groups in total. The molecule has 0 atom stereocenters. The van der Waals surface area contributed by atoms with E-state index >= 15 is 0 Å². The van der Waals surface area contributed by atoms with Crippen LogP contribution in [0.15, 0.2) is 31.8 Å². The third-order valence-corrected chi connectivity index (χ3v) is 6.83. The van der Waals surface area contributed by atoms with Crippen molar-refractivity contribution in [1.29, 1.82) is 0 Å². The summed E-state index contributed by atoms with van der Waals surface area (Å²) >= 11 is 9.10. The molecule has 6 nitrogen and oxygen atoms in total. The number of fused-ring (bicyclic) bond motifs is 1. The summed E-state index contributed by atoms with van der Waals surface area (Å²) in [6, 6.07) is 5.33. The average molecular weight is 422 g/mol. The van der Waals surface area contributed by atoms with Crippen molar-refractivity contribution in [2.45, 2.75) is 42.8 Å². The lowest BCUT2D eigenvalue weighted by Crippen LogP contribution is -2.30. The molecule has 1 aliphatic carbocycles. The number of anilines is 1. The van der Waals surface area contributed by atoms with Crippen LogP contribution in [0.25, 0.3) is 11.0 Å². The first kappa shape index (κ1) is 18.5. The van der Waals surface area contributed by atoms with E-state index in [4.69, 9.17) is 16.0 Å². The van der Waals surface area contributed by atoms with E-state index in [9.17, 15) is 9.59 Å². The molecular formula is C18H16ClN3O3S2. The van der Waals surface area contributed by atoms with Gasteiger partial charge in [0.15, 0.2) is 4.34 Å². The van der Waals surface area contributed by atoms with Crippen molar-refractivity contribution < 1.29 is 9.21 Å². The average Bonchev–Trinajstić information content (AvgIpc) is 3.32. The van der Waals surface area contributed by atoms with Crippen LogP contribution >= 0.6 is 34.7 Å². The fraction of sp³-hybridized carbons (Fsp3) is 0.333. The number of amides is 1. The van der Waals surface area contributed by atoms with Crippen molar-refractivity contribution in [1.82, 2.24) is 10.2 Å². The zero-order valence-corrected chi connectivity index (χ0v) is 17.1. The van der Waals surface area contributed by atoms with Gasteiger partial charge in [0.05, 0.1) is 0 Å². The predicted molar refractivity (Wildman–Crippen MR) is 108 cm³/mol. The minimum Gasteiger partial charge on any atom is -0.423 e. The second-order valence-electron chi connectivity index (χ2n) is 6.45. The zero-order chi connectivity index (χ0) is 19.1. The lowest BCUT2D eigenvalue weighted by Gasteiger charge is -2.15. The van der Waals surface area contributed by atoms with Gasteiger partial charge in [0.25, 0.3) is 0 Å². The summed E-state index contributed by atoms with van der Waals surface area (Å²) in [6.07, 6.45) is 2.02. The number of carbonyl (C=O) groups is 1. The van der Waals surface area contributed by atoms with Gasteiger partial charge in [-0.1, -0.05) is 34.7 Å². The van der Waals surface area contributed by atoms with E-state index in [-0.39, 0.29) is 11.9 Å². The Morgan fingerprint density at radius 3 is 2.85 bits per heavy atom. The van der Waals surface area contributed by atoms with Gasteiger partial charge in [-0.15, -0.1) is 10.2 Å². The van der Waals surface area contributed by atoms with Gasteiger partial charge < -0.3 is 4.42 Å². The molecule has 1 fully saturated rings. The third-order valence-electron chi connectivity index (χ3n) is 4.31. The van der Waals surface area contributed by atoms with E-state index < -0.39 is 5.63 Å². The summed E-state index contributed by atoms with van der Waals surface area (Å²) in [4.78, 5) is 25.5. The first-order chi connectivity index (χ1) is 12.9. The van der Waals surface area contributed by atoms with Crippen molar-refractivity contribution in [2.24, 2.45) is 0 Å². The highest BCUT2D eigenvalue weighted by Crippen LogP contribution is 2.37. The van der Waals surface area contributed by atoms with Gasteiger partial charge in [0.1, 0.15) is 5.58 Å². The number of carbonyl (C=O) groups excluding carboxylic acids is 1. The third kappa shape index (κ3) is 3.88. The molecule has 1 amide bonds. The lowest BCUT2D eigenvalue weighted by atomic mass is 10.1. The van der Waals surface area contributed by atoms with Crippen LogP contribution < -0.4 is 10.5 Å². The maximum Gasteiger partial charge on any atom is 0.336 e. The molecule has 0 spiro atoms. The van der Waals surface area contributed by atoms with Crippen molar-refractivity contribution in [3.05, 3.63) is 44.8 Å². The van der Waals surface area contributed by atoms with Crippen LogP contribution in [0.3, 0.4) is 0 Å². The van der Waals surface area contributed by atoms with Gasteiger partial charge in [-0.25, -0.2) is 4.79 Å². The van der Waals surface area contributed by atoms with E-state index in [1.165, 1.54) is 29.2 Å². The molecule has 1 aromatic carbocycles. The molecule has 9 heteroatoms. The summed E-state index contributed by atoms with van der Waals surface area (Å²) < 4.78 is 6.04. The molecule has 2 heterocycles. The summed E-state index contributed by atoms with van der Waals surface area (Å²) in [5, 5.41) is 10.4. The Labute approximate surface area is 168 Å². The number of aryl methyl sites for hydroxylation is 1. The van der Waals surface area contributed by atoms with E-state index in [0.29, 0.717) is 21.5 Å². The van der Waals surface area contributed by atoms with Gasteiger partial charge in [-0.3, -0.25) is 9.69 Å². The second-order valence-corrected chi connectivity index (χ2v) is 9.03. The van der Waals surface area contributed by atoms with E-state index in [2.05, 4.69) is 10.2 Å². The van der Waals surface area contributed by atoms with Crippen LogP contribution in [-0.2, 0) is 10.5 Å². The monoisotopic (exact) mass is 421 g/mol. The maximum atomic E-state index is 11.9. The molecule has 3 aromatic rings. The molecular weight excluding hydrogens is 406 g/mol. The Morgan fingerprint density at radius 1 is 1.37 bits per heavy atom. The molecule has 0 bridgehead atoms. The van der Waals surface area contributed by atoms with E-state index in [0.717, 1.165) is 33.7 Å². The predicted octanol–water partition coefficient (Wildman–Crippen LogP) is 4.41. The van der Waals surface area contributed by atoms with Crippen LogP contribution in [0.2, 0.25) is 5.02 Å². The quantitative estimate of drug-likeness (QED) is 0.345. The second kappa shape index (κ2) is 7.26. The zero-order valence-electron chi connectivity index (χ0n) is 14.7. The molecule has 1 aliphatic rings. The molecule has 0 saturated heterocycles. The highest BCUT2D eigenvalue weighted by atomic mass is 35.5. The molecule has 27 heavy (non-hydrogen) atoms. The van der Waals surface area contributed by atoms with Crippen LogP contribution in [0, 0.1) is 6.92 Å². The highest BCUT2D eigenvalue weighted by Gasteiger charge is 2.34. The van der Waals surface area contributed by atoms with E-state index in [1.807, 2.05) is 13.0 Å². The maximum absolute atomic E-state index is 11.9. The number of hydrogen-bond acceptors (Lipinski definition) is 7. The number of hydrogen-bond donors (Lipinski definition) is 0. The summed E-state index contributed by atoms with van der Waals surface area (Å²) in [6.45, 7) is 3.42. The van der Waals surface area contributed by atoms with Gasteiger partial charge in [-0.05, 0) is 43.0 Å². The smallest absolute Gasteiger partial charge is 0.336 e. The Kier molecular flexibility index (Phi) is 4.96. The fourth-order valence-corrected chi connectivity index (χ4v) is 4.96. The first-order valence-electron chi connectivity index (χ1n) is 8.41. The number of nitrogens with zero attached hydrogens (tertiary/aromatic N) is 3. The number of aromatic nitrogens is 2. The molecule has 1 saturated carbocycles. The minimum absolute atomic E-state index is 0.0122. The van der Waals surface area contributed by atoms with Gasteiger partial charge in [-0.2, -0.15) is 0 Å². The summed E-state index contributed by atoms with van der Waals surface area (Å²) in [5.41, 5.74) is 1.81. The number of halogens is 1. The van der Waals surface area contributed by atoms with Crippen molar-refractivity contribution in [2.75, 3.05) is 4.90 Å². The summed E-state index contributed by atoms with van der Waals surface area (Å²) in [7, 11) is 0. The molecule has 0 unspecified atom stereocenters. The Bertz CT molecular complexity index is 1090. The van der Waals surface area contributed by atoms with Crippen LogP contribution in [-0.4, -0.2) is 22.1 Å². The van der Waals surface area contributed by atoms with Gasteiger partial charge >= 0.3 is 5.63 Å². The number of rotatable bonds is 5. The lowest BCUT2D eigenvalue weighted by molar-refractivity contribution is -0.116. The van der Waals surface area contributed by atoms with Crippen LogP contribution in [0.4, 0.5) is 5.13 Å². The Balaban J connectivity index is 1.58. The number of thioether (sulfide) groups is 1. The molecule has 4 rings (SSSR count). The molecule has 0 aliphatic heterocycles.